The number of hydrogen-bond donors (Lipinski definition) is 0. The Labute approximate surface area is 277 Å². The zero-order valence-electron chi connectivity index (χ0n) is 28.0. The molecule has 3 nitrogen and oxygen atoms in total. The highest BCUT2D eigenvalue weighted by atomic mass is 32.2. The van der Waals surface area contributed by atoms with Crippen LogP contribution in [0.15, 0.2) is 109 Å². The second-order valence-corrected chi connectivity index (χ2v) is 12.7. The topological polar surface area (TPSA) is 43.4 Å². The number of benzene rings is 3. The van der Waals surface area contributed by atoms with Gasteiger partial charge in [-0.05, 0) is 73.8 Å². The summed E-state index contributed by atoms with van der Waals surface area (Å²) >= 11 is 1.66. The molecule has 0 bridgehead atoms. The molecule has 0 saturated carbocycles. The van der Waals surface area contributed by atoms with E-state index in [4.69, 9.17) is 4.74 Å². The van der Waals surface area contributed by atoms with Gasteiger partial charge in [0.05, 0.1) is 12.4 Å². The van der Waals surface area contributed by atoms with Gasteiger partial charge in [0.1, 0.15) is 12.4 Å². The monoisotopic (exact) mass is 626 g/mol. The minimum atomic E-state index is 0.150. The Morgan fingerprint density at radius 1 is 0.911 bits per heavy atom. The molecule has 0 amide bonds. The van der Waals surface area contributed by atoms with E-state index in [-0.39, 0.29) is 18.3 Å². The third kappa shape index (κ3) is 16.1. The number of carbonyl (C=O) groups is 2. The molecule has 3 aromatic rings. The lowest BCUT2D eigenvalue weighted by Crippen LogP contribution is -2.20. The summed E-state index contributed by atoms with van der Waals surface area (Å²) in [4.78, 5) is 25.1. The van der Waals surface area contributed by atoms with Gasteiger partial charge in [-0.15, -0.1) is 18.3 Å². The molecule has 0 fully saturated rings. The minimum absolute atomic E-state index is 0.150. The van der Waals surface area contributed by atoms with Crippen molar-refractivity contribution in [1.29, 1.82) is 0 Å². The molecule has 1 aliphatic carbocycles. The highest BCUT2D eigenvalue weighted by Gasteiger charge is 2.22. The summed E-state index contributed by atoms with van der Waals surface area (Å²) in [6, 6.07) is 26.9. The van der Waals surface area contributed by atoms with Crippen molar-refractivity contribution in [2.45, 2.75) is 90.6 Å². The fourth-order valence-electron chi connectivity index (χ4n) is 4.83. The number of carbonyl (C=O) groups excluding carboxylic acids is 2. The largest absolute Gasteiger partial charge is 0.369 e. The molecule has 2 unspecified atom stereocenters. The molecule has 0 aromatic heterocycles. The Balaban J connectivity index is 0.000000293. The highest BCUT2D eigenvalue weighted by Crippen LogP contribution is 2.28. The summed E-state index contributed by atoms with van der Waals surface area (Å²) in [5.41, 5.74) is 4.74. The van der Waals surface area contributed by atoms with E-state index in [1.54, 1.807) is 11.8 Å². The van der Waals surface area contributed by atoms with E-state index >= 15 is 0 Å². The first-order valence-corrected chi connectivity index (χ1v) is 17.6. The summed E-state index contributed by atoms with van der Waals surface area (Å²) in [5.74, 6) is 1.99. The van der Waals surface area contributed by atoms with Crippen LogP contribution in [0.3, 0.4) is 0 Å². The maximum absolute atomic E-state index is 12.2. The number of Topliss-reactive ketones (excluding diaryl/α,β-unsaturated/α-hetero) is 2. The predicted octanol–water partition coefficient (Wildman–Crippen LogP) is 11.3. The second-order valence-electron chi connectivity index (χ2n) is 11.7. The number of hydrogen-bond acceptors (Lipinski definition) is 4. The number of unbranched alkanes of at least 4 members (excludes halogenated alkanes) is 2. The molecule has 0 radical (unpaired) electrons. The molecule has 2 atom stereocenters. The quantitative estimate of drug-likeness (QED) is 0.0956. The van der Waals surface area contributed by atoms with Crippen molar-refractivity contribution in [3.05, 3.63) is 115 Å². The number of rotatable bonds is 15. The van der Waals surface area contributed by atoms with Crippen LogP contribution in [0.1, 0.15) is 83.3 Å². The van der Waals surface area contributed by atoms with Crippen molar-refractivity contribution in [3.63, 3.8) is 0 Å². The standard InChI is InChI=1S/C21H24O2.C17H22OS.C3H8/c1-2-3-4-8-11-21(22)17-23-16-18-12-14-20(15-13-18)19-9-6-5-7-10-19;1-3-14-5-4-6-15(11-14)17(18)12-19-16-9-7-13(2)8-10-16;1-3-2/h2,5-7,9-10,12-15H,1,3-4,8,11,16-17H2;4,6-10,14-15H,3,5,11-12H2,1-2H3;3H2,1-2H3. The first kappa shape index (κ1) is 38.0. The highest BCUT2D eigenvalue weighted by molar-refractivity contribution is 8.00. The fraction of sp³-hybridized carbons (Fsp3) is 0.415. The molecular weight excluding hydrogens is 573 g/mol. The van der Waals surface area contributed by atoms with Gasteiger partial charge in [-0.1, -0.05) is 124 Å². The zero-order chi connectivity index (χ0) is 32.7. The van der Waals surface area contributed by atoms with Crippen LogP contribution in [0.4, 0.5) is 0 Å². The number of ketones is 2. The third-order valence-corrected chi connectivity index (χ3v) is 8.56. The molecular formula is C41H54O3S. The second kappa shape index (κ2) is 23.2. The Bertz CT molecular complexity index is 1260. The van der Waals surface area contributed by atoms with Crippen LogP contribution < -0.4 is 0 Å². The molecule has 4 rings (SSSR count). The summed E-state index contributed by atoms with van der Waals surface area (Å²) in [6.07, 6.45) is 14.3. The van der Waals surface area contributed by atoms with Gasteiger partial charge in [0.15, 0.2) is 5.78 Å². The van der Waals surface area contributed by atoms with Crippen molar-refractivity contribution >= 4 is 23.3 Å². The third-order valence-electron chi connectivity index (χ3n) is 7.52. The van der Waals surface area contributed by atoms with Crippen molar-refractivity contribution in [2.75, 3.05) is 12.4 Å². The van der Waals surface area contributed by atoms with Gasteiger partial charge in [-0.3, -0.25) is 9.59 Å². The minimum Gasteiger partial charge on any atom is -0.369 e. The van der Waals surface area contributed by atoms with Crippen LogP contribution >= 0.6 is 11.8 Å². The average Bonchev–Trinajstić information content (AvgIpc) is 3.08. The van der Waals surface area contributed by atoms with E-state index in [1.807, 2.05) is 24.3 Å². The van der Waals surface area contributed by atoms with Gasteiger partial charge in [0.25, 0.3) is 0 Å². The van der Waals surface area contributed by atoms with Crippen LogP contribution in [-0.4, -0.2) is 23.9 Å². The van der Waals surface area contributed by atoms with E-state index in [1.165, 1.54) is 34.4 Å². The summed E-state index contributed by atoms with van der Waals surface area (Å²) < 4.78 is 5.51. The summed E-state index contributed by atoms with van der Waals surface area (Å²) in [7, 11) is 0. The average molecular weight is 627 g/mol. The van der Waals surface area contributed by atoms with E-state index in [0.717, 1.165) is 37.7 Å². The SMILES string of the molecule is C=CCCCCC(=O)COCc1ccc(-c2ccccc2)cc1.CCC.CCC1CC=CC(C(=O)CSc2ccc(C)cc2)C1. The summed E-state index contributed by atoms with van der Waals surface area (Å²) in [5, 5.41) is 0. The van der Waals surface area contributed by atoms with Gasteiger partial charge in [0.2, 0.25) is 0 Å². The molecule has 1 aliphatic rings. The van der Waals surface area contributed by atoms with Crippen molar-refractivity contribution in [2.24, 2.45) is 11.8 Å². The first-order chi connectivity index (χ1) is 21.9. The number of allylic oxidation sites excluding steroid dienone is 3. The lowest BCUT2D eigenvalue weighted by molar-refractivity contribution is -0.124. The number of thioether (sulfide) groups is 1. The van der Waals surface area contributed by atoms with Crippen LogP contribution in [0, 0.1) is 18.8 Å². The van der Waals surface area contributed by atoms with Crippen LogP contribution in [0.25, 0.3) is 11.1 Å². The van der Waals surface area contributed by atoms with Crippen molar-refractivity contribution in [3.8, 4) is 11.1 Å². The molecule has 4 heteroatoms. The van der Waals surface area contributed by atoms with E-state index < -0.39 is 0 Å². The van der Waals surface area contributed by atoms with Crippen LogP contribution in [-0.2, 0) is 20.9 Å². The molecule has 3 aromatic carbocycles. The Kier molecular flexibility index (Phi) is 19.6. The normalized spacial score (nSPS) is 15.2. The van der Waals surface area contributed by atoms with Gasteiger partial charge in [-0.2, -0.15) is 0 Å². The molecule has 0 heterocycles. The molecule has 0 spiro atoms. The Morgan fingerprint density at radius 3 is 2.22 bits per heavy atom. The first-order valence-electron chi connectivity index (χ1n) is 16.6. The number of aryl methyl sites for hydroxylation is 1. The van der Waals surface area contributed by atoms with Crippen molar-refractivity contribution < 1.29 is 14.3 Å². The summed E-state index contributed by atoms with van der Waals surface area (Å²) in [6.45, 7) is 12.9. The van der Waals surface area contributed by atoms with Crippen LogP contribution in [0.5, 0.6) is 0 Å². The van der Waals surface area contributed by atoms with Crippen LogP contribution in [0.2, 0.25) is 0 Å². The molecule has 0 aliphatic heterocycles. The lowest BCUT2D eigenvalue weighted by atomic mass is 9.83. The lowest BCUT2D eigenvalue weighted by Gasteiger charge is -2.22. The maximum Gasteiger partial charge on any atom is 0.158 e. The van der Waals surface area contributed by atoms with Gasteiger partial charge >= 0.3 is 0 Å². The molecule has 45 heavy (non-hydrogen) atoms. The smallest absolute Gasteiger partial charge is 0.158 e. The maximum atomic E-state index is 12.2. The van der Waals surface area contributed by atoms with E-state index in [9.17, 15) is 9.59 Å². The van der Waals surface area contributed by atoms with Crippen molar-refractivity contribution in [1.82, 2.24) is 0 Å². The van der Waals surface area contributed by atoms with E-state index in [2.05, 4.69) is 107 Å². The molecule has 242 valence electrons. The van der Waals surface area contributed by atoms with E-state index in [0.29, 0.717) is 30.5 Å². The predicted molar refractivity (Wildman–Crippen MR) is 194 cm³/mol. The Morgan fingerprint density at radius 2 is 1.58 bits per heavy atom. The van der Waals surface area contributed by atoms with Gasteiger partial charge < -0.3 is 4.74 Å². The van der Waals surface area contributed by atoms with Gasteiger partial charge in [-0.25, -0.2) is 0 Å². The fourth-order valence-corrected chi connectivity index (χ4v) is 5.68. The Hall–Kier alpha value is -3.21. The zero-order valence-corrected chi connectivity index (χ0v) is 28.8. The van der Waals surface area contributed by atoms with Gasteiger partial charge in [0, 0.05) is 17.2 Å². The molecule has 0 N–H and O–H groups in total. The molecule has 0 saturated heterocycles. The number of ether oxygens (including phenoxy) is 1.